The molecule has 0 saturated carbocycles. The molecule has 1 aliphatic rings. The minimum atomic E-state index is 0.0511. The normalized spacial score (nSPS) is 12.9. The first-order chi connectivity index (χ1) is 15.0. The molecule has 0 radical (unpaired) electrons. The highest BCUT2D eigenvalue weighted by atomic mass is 15.2. The van der Waals surface area contributed by atoms with Crippen LogP contribution in [0.4, 0.5) is 17.1 Å². The van der Waals surface area contributed by atoms with E-state index in [-0.39, 0.29) is 5.41 Å². The predicted octanol–water partition coefficient (Wildman–Crippen LogP) is 8.14. The summed E-state index contributed by atoms with van der Waals surface area (Å²) in [6.07, 6.45) is 1.95. The molecule has 2 heteroatoms. The van der Waals surface area contributed by atoms with Gasteiger partial charge in [0.25, 0.3) is 0 Å². The van der Waals surface area contributed by atoms with Gasteiger partial charge in [0.05, 0.1) is 17.1 Å². The Hall–Kier alpha value is -3.65. The van der Waals surface area contributed by atoms with Crippen LogP contribution >= 0.6 is 0 Å². The Morgan fingerprint density at radius 1 is 0.742 bits per heavy atom. The number of rotatable bonds is 1. The molecule has 150 valence electrons. The largest absolute Gasteiger partial charge is 0.308 e. The van der Waals surface area contributed by atoms with E-state index < -0.39 is 0 Å². The molecule has 0 amide bonds. The lowest BCUT2D eigenvalue weighted by Gasteiger charge is -2.35. The van der Waals surface area contributed by atoms with Gasteiger partial charge in [-0.1, -0.05) is 81.4 Å². The molecule has 4 aromatic carbocycles. The molecule has 1 aromatic heterocycles. The maximum Gasteiger partial charge on any atom is 0.0822 e. The number of nitrogens with zero attached hydrogens (tertiary/aromatic N) is 2. The summed E-state index contributed by atoms with van der Waals surface area (Å²) in [5.41, 5.74) is 7.22. The van der Waals surface area contributed by atoms with Crippen LogP contribution in [0.15, 0.2) is 91.1 Å². The van der Waals surface area contributed by atoms with Gasteiger partial charge in [-0.2, -0.15) is 0 Å². The van der Waals surface area contributed by atoms with E-state index in [1.807, 2.05) is 6.20 Å². The molecule has 0 atom stereocenters. The van der Waals surface area contributed by atoms with Crippen molar-refractivity contribution in [1.82, 2.24) is 4.98 Å². The lowest BCUT2D eigenvalue weighted by Crippen LogP contribution is -2.18. The van der Waals surface area contributed by atoms with Gasteiger partial charge in [-0.15, -0.1) is 0 Å². The van der Waals surface area contributed by atoms with Crippen LogP contribution in [-0.2, 0) is 5.41 Å². The van der Waals surface area contributed by atoms with Gasteiger partial charge in [0, 0.05) is 28.2 Å². The first-order valence-electron chi connectivity index (χ1n) is 10.8. The summed E-state index contributed by atoms with van der Waals surface area (Å²) in [4.78, 5) is 7.31. The quantitative estimate of drug-likeness (QED) is 0.277. The average Bonchev–Trinajstić information content (AvgIpc) is 2.79. The Balaban J connectivity index is 1.82. The highest BCUT2D eigenvalue weighted by Crippen LogP contribution is 2.53. The van der Waals surface area contributed by atoms with E-state index in [4.69, 9.17) is 4.98 Å². The number of aromatic nitrogens is 1. The van der Waals surface area contributed by atoms with Crippen molar-refractivity contribution in [3.63, 3.8) is 0 Å². The molecule has 2 heterocycles. The molecule has 0 aliphatic carbocycles. The van der Waals surface area contributed by atoms with Gasteiger partial charge in [0.2, 0.25) is 0 Å². The van der Waals surface area contributed by atoms with Crippen molar-refractivity contribution in [2.75, 3.05) is 4.90 Å². The van der Waals surface area contributed by atoms with Crippen LogP contribution in [-0.4, -0.2) is 4.98 Å². The Morgan fingerprint density at radius 3 is 2.32 bits per heavy atom. The number of anilines is 3. The van der Waals surface area contributed by atoms with Gasteiger partial charge < -0.3 is 4.90 Å². The third kappa shape index (κ3) is 2.68. The van der Waals surface area contributed by atoms with Crippen LogP contribution in [0.5, 0.6) is 0 Å². The first kappa shape index (κ1) is 18.1. The second-order valence-corrected chi connectivity index (χ2v) is 9.36. The highest BCUT2D eigenvalue weighted by Gasteiger charge is 2.30. The summed E-state index contributed by atoms with van der Waals surface area (Å²) in [5, 5.41) is 4.95. The van der Waals surface area contributed by atoms with E-state index >= 15 is 0 Å². The number of hydrogen-bond acceptors (Lipinski definition) is 2. The zero-order chi connectivity index (χ0) is 21.2. The van der Waals surface area contributed by atoms with Crippen LogP contribution in [0.1, 0.15) is 26.3 Å². The minimum absolute atomic E-state index is 0.0511. The van der Waals surface area contributed by atoms with Crippen molar-refractivity contribution < 1.29 is 0 Å². The third-order valence-corrected chi connectivity index (χ3v) is 6.34. The van der Waals surface area contributed by atoms with Crippen molar-refractivity contribution in [2.45, 2.75) is 26.2 Å². The summed E-state index contributed by atoms with van der Waals surface area (Å²) in [6.45, 7) is 6.84. The Morgan fingerprint density at radius 2 is 1.52 bits per heavy atom. The van der Waals surface area contributed by atoms with Gasteiger partial charge in [0.1, 0.15) is 0 Å². The van der Waals surface area contributed by atoms with Gasteiger partial charge in [-0.25, -0.2) is 0 Å². The fourth-order valence-electron chi connectivity index (χ4n) is 4.76. The Labute approximate surface area is 182 Å². The molecular formula is C29H24N2. The lowest BCUT2D eigenvalue weighted by atomic mass is 9.83. The van der Waals surface area contributed by atoms with Gasteiger partial charge in [0.15, 0.2) is 0 Å². The maximum atomic E-state index is 4.88. The Kier molecular flexibility index (Phi) is 3.76. The zero-order valence-electron chi connectivity index (χ0n) is 18.1. The maximum absolute atomic E-state index is 4.88. The molecule has 0 fully saturated rings. The summed E-state index contributed by atoms with van der Waals surface area (Å²) < 4.78 is 0. The summed E-state index contributed by atoms with van der Waals surface area (Å²) >= 11 is 0. The molecule has 5 aromatic rings. The SMILES string of the molecule is CC(C)(C)c1cc2c3c(nccc3c1)-c1ccc3ccccc3c1N2c1ccccc1. The minimum Gasteiger partial charge on any atom is -0.308 e. The molecule has 31 heavy (non-hydrogen) atoms. The number of pyridine rings is 1. The Bertz CT molecular complexity index is 1460. The molecule has 0 bridgehead atoms. The first-order valence-corrected chi connectivity index (χ1v) is 10.8. The van der Waals surface area contributed by atoms with Gasteiger partial charge >= 0.3 is 0 Å². The second kappa shape index (κ2) is 6.42. The van der Waals surface area contributed by atoms with Crippen LogP contribution < -0.4 is 4.90 Å². The van der Waals surface area contributed by atoms with E-state index in [1.165, 1.54) is 49.7 Å². The third-order valence-electron chi connectivity index (χ3n) is 6.34. The van der Waals surface area contributed by atoms with E-state index in [0.717, 1.165) is 5.69 Å². The van der Waals surface area contributed by atoms with Crippen LogP contribution in [0, 0.1) is 0 Å². The van der Waals surface area contributed by atoms with Crippen molar-refractivity contribution in [2.24, 2.45) is 0 Å². The van der Waals surface area contributed by atoms with Crippen molar-refractivity contribution in [3.8, 4) is 11.3 Å². The fourth-order valence-corrected chi connectivity index (χ4v) is 4.76. The molecule has 1 aliphatic heterocycles. The smallest absolute Gasteiger partial charge is 0.0822 e. The predicted molar refractivity (Wildman–Crippen MR) is 132 cm³/mol. The molecule has 0 unspecified atom stereocenters. The second-order valence-electron chi connectivity index (χ2n) is 9.36. The van der Waals surface area contributed by atoms with Crippen molar-refractivity contribution in [1.29, 1.82) is 0 Å². The van der Waals surface area contributed by atoms with Crippen LogP contribution in [0.2, 0.25) is 0 Å². The summed E-state index contributed by atoms with van der Waals surface area (Å²) in [5.74, 6) is 0. The molecule has 0 saturated heterocycles. The monoisotopic (exact) mass is 400 g/mol. The zero-order valence-corrected chi connectivity index (χ0v) is 18.1. The van der Waals surface area contributed by atoms with Gasteiger partial charge in [-0.3, -0.25) is 4.98 Å². The number of para-hydroxylation sites is 1. The molecular weight excluding hydrogens is 376 g/mol. The molecule has 0 N–H and O–H groups in total. The number of benzene rings is 4. The lowest BCUT2D eigenvalue weighted by molar-refractivity contribution is 0.591. The van der Waals surface area contributed by atoms with Crippen molar-refractivity contribution >= 4 is 38.6 Å². The van der Waals surface area contributed by atoms with E-state index in [1.54, 1.807) is 0 Å². The molecule has 2 nitrogen and oxygen atoms in total. The fraction of sp³-hybridized carbons (Fsp3) is 0.138. The van der Waals surface area contributed by atoms with E-state index in [9.17, 15) is 0 Å². The van der Waals surface area contributed by atoms with Gasteiger partial charge in [-0.05, 0) is 46.0 Å². The topological polar surface area (TPSA) is 16.1 Å². The molecule has 6 rings (SSSR count). The average molecular weight is 401 g/mol. The van der Waals surface area contributed by atoms with E-state index in [2.05, 4.69) is 111 Å². The van der Waals surface area contributed by atoms with Crippen LogP contribution in [0.3, 0.4) is 0 Å². The van der Waals surface area contributed by atoms with Crippen molar-refractivity contribution in [3.05, 3.63) is 96.7 Å². The standard InChI is InChI=1S/C29H24N2/c1-29(2,3)21-17-20-15-16-30-27-24-14-13-19-9-7-8-12-23(19)28(24)31(25(18-21)26(20)27)22-10-5-4-6-11-22/h4-18H,1-3H3. The number of hydrogen-bond donors (Lipinski definition) is 0. The summed E-state index contributed by atoms with van der Waals surface area (Å²) in [7, 11) is 0. The molecule has 0 spiro atoms. The number of fused-ring (bicyclic) bond motifs is 4. The highest BCUT2D eigenvalue weighted by molar-refractivity contribution is 6.18. The summed E-state index contributed by atoms with van der Waals surface area (Å²) in [6, 6.07) is 30.6. The van der Waals surface area contributed by atoms with E-state index in [0.29, 0.717) is 0 Å². The van der Waals surface area contributed by atoms with Crippen LogP contribution in [0.25, 0.3) is 32.8 Å².